The fraction of sp³-hybridized carbons (Fsp3) is 0.167. The Morgan fingerprint density at radius 3 is 2.69 bits per heavy atom. The lowest BCUT2D eigenvalue weighted by Gasteiger charge is -2.15. The Balaban J connectivity index is 2.14. The summed E-state index contributed by atoms with van der Waals surface area (Å²) in [6.45, 7) is 2.10. The van der Waals surface area contributed by atoms with Crippen LogP contribution >= 0.6 is 15.9 Å². The fourth-order valence-corrected chi connectivity index (χ4v) is 1.78. The highest BCUT2D eigenvalue weighted by Gasteiger charge is 2.07. The second kappa shape index (κ2) is 5.07. The summed E-state index contributed by atoms with van der Waals surface area (Å²) in [5, 5.41) is 3.33. The SMILES string of the molecule is CC(Nc1ncncc1Br)c1ccccc1. The van der Waals surface area contributed by atoms with Crippen molar-refractivity contribution in [2.75, 3.05) is 5.32 Å². The number of benzene rings is 1. The molecule has 1 aromatic carbocycles. The molecule has 0 aliphatic carbocycles. The molecule has 0 bridgehead atoms. The molecule has 1 N–H and O–H groups in total. The highest BCUT2D eigenvalue weighted by Crippen LogP contribution is 2.22. The van der Waals surface area contributed by atoms with E-state index in [0.29, 0.717) is 0 Å². The van der Waals surface area contributed by atoms with Crippen molar-refractivity contribution in [2.45, 2.75) is 13.0 Å². The first-order valence-corrected chi connectivity index (χ1v) is 5.83. The minimum Gasteiger partial charge on any atom is -0.363 e. The van der Waals surface area contributed by atoms with Crippen molar-refractivity contribution in [2.24, 2.45) is 0 Å². The van der Waals surface area contributed by atoms with E-state index in [4.69, 9.17) is 0 Å². The lowest BCUT2D eigenvalue weighted by atomic mass is 10.1. The molecule has 0 radical (unpaired) electrons. The van der Waals surface area contributed by atoms with Crippen LogP contribution in [0.2, 0.25) is 0 Å². The topological polar surface area (TPSA) is 37.8 Å². The van der Waals surface area contributed by atoms with E-state index in [2.05, 4.69) is 50.3 Å². The number of nitrogens with one attached hydrogen (secondary N) is 1. The first kappa shape index (κ1) is 11.1. The summed E-state index contributed by atoms with van der Waals surface area (Å²) in [7, 11) is 0. The van der Waals surface area contributed by atoms with Gasteiger partial charge < -0.3 is 5.32 Å². The average Bonchev–Trinajstić information content (AvgIpc) is 2.33. The largest absolute Gasteiger partial charge is 0.363 e. The Bertz CT molecular complexity index is 459. The van der Waals surface area contributed by atoms with Crippen molar-refractivity contribution in [1.29, 1.82) is 0 Å². The maximum Gasteiger partial charge on any atom is 0.144 e. The van der Waals surface area contributed by atoms with E-state index in [1.165, 1.54) is 11.9 Å². The normalized spacial score (nSPS) is 12.1. The monoisotopic (exact) mass is 277 g/mol. The first-order chi connectivity index (χ1) is 7.77. The summed E-state index contributed by atoms with van der Waals surface area (Å²) >= 11 is 3.41. The second-order valence-electron chi connectivity index (χ2n) is 3.50. The quantitative estimate of drug-likeness (QED) is 0.934. The molecule has 1 atom stereocenters. The van der Waals surface area contributed by atoms with Crippen LogP contribution in [-0.2, 0) is 0 Å². The zero-order valence-electron chi connectivity index (χ0n) is 8.89. The molecule has 2 aromatic rings. The van der Waals surface area contributed by atoms with E-state index in [0.717, 1.165) is 10.3 Å². The van der Waals surface area contributed by atoms with Crippen LogP contribution in [0.4, 0.5) is 5.82 Å². The predicted octanol–water partition coefficient (Wildman–Crippen LogP) is 3.41. The number of halogens is 1. The van der Waals surface area contributed by atoms with Gasteiger partial charge in [-0.3, -0.25) is 0 Å². The van der Waals surface area contributed by atoms with Gasteiger partial charge >= 0.3 is 0 Å². The molecule has 0 saturated heterocycles. The minimum absolute atomic E-state index is 0.215. The van der Waals surface area contributed by atoms with E-state index >= 15 is 0 Å². The molecule has 0 aliphatic rings. The molecule has 1 heterocycles. The Morgan fingerprint density at radius 1 is 1.25 bits per heavy atom. The molecule has 1 aromatic heterocycles. The van der Waals surface area contributed by atoms with Crippen molar-refractivity contribution in [3.8, 4) is 0 Å². The molecule has 0 aliphatic heterocycles. The van der Waals surface area contributed by atoms with Crippen molar-refractivity contribution < 1.29 is 0 Å². The molecule has 0 spiro atoms. The van der Waals surface area contributed by atoms with Gasteiger partial charge in [0.1, 0.15) is 12.1 Å². The predicted molar refractivity (Wildman–Crippen MR) is 68.2 cm³/mol. The standard InChI is InChI=1S/C12H12BrN3/c1-9(10-5-3-2-4-6-10)16-12-11(13)7-14-8-15-12/h2-9H,1H3,(H,14,15,16). The summed E-state index contributed by atoms with van der Waals surface area (Å²) < 4.78 is 0.873. The van der Waals surface area contributed by atoms with Gasteiger partial charge in [0.15, 0.2) is 0 Å². The van der Waals surface area contributed by atoms with Gasteiger partial charge in [-0.25, -0.2) is 9.97 Å². The molecule has 0 amide bonds. The van der Waals surface area contributed by atoms with E-state index in [9.17, 15) is 0 Å². The Hall–Kier alpha value is -1.42. The van der Waals surface area contributed by atoms with Crippen LogP contribution in [0, 0.1) is 0 Å². The second-order valence-corrected chi connectivity index (χ2v) is 4.35. The number of hydrogen-bond acceptors (Lipinski definition) is 3. The molecule has 1 unspecified atom stereocenters. The third-order valence-electron chi connectivity index (χ3n) is 2.32. The Labute approximate surface area is 103 Å². The molecule has 0 saturated carbocycles. The highest BCUT2D eigenvalue weighted by atomic mass is 79.9. The third-order valence-corrected chi connectivity index (χ3v) is 2.90. The number of anilines is 1. The maximum absolute atomic E-state index is 4.17. The highest BCUT2D eigenvalue weighted by molar-refractivity contribution is 9.10. The van der Waals surface area contributed by atoms with Crippen LogP contribution in [-0.4, -0.2) is 9.97 Å². The maximum atomic E-state index is 4.17. The molecule has 3 nitrogen and oxygen atoms in total. The average molecular weight is 278 g/mol. The zero-order chi connectivity index (χ0) is 11.4. The number of rotatable bonds is 3. The van der Waals surface area contributed by atoms with Gasteiger partial charge in [0.2, 0.25) is 0 Å². The minimum atomic E-state index is 0.215. The van der Waals surface area contributed by atoms with Crippen molar-refractivity contribution in [3.63, 3.8) is 0 Å². The van der Waals surface area contributed by atoms with E-state index in [1.54, 1.807) is 6.20 Å². The molecule has 82 valence electrons. The summed E-state index contributed by atoms with van der Waals surface area (Å²) in [6, 6.07) is 10.5. The van der Waals surface area contributed by atoms with Crippen molar-refractivity contribution in [3.05, 3.63) is 52.9 Å². The number of nitrogens with zero attached hydrogens (tertiary/aromatic N) is 2. The van der Waals surface area contributed by atoms with E-state index in [1.807, 2.05) is 18.2 Å². The van der Waals surface area contributed by atoms with Gasteiger partial charge in [-0.1, -0.05) is 30.3 Å². The van der Waals surface area contributed by atoms with Crippen molar-refractivity contribution >= 4 is 21.7 Å². The van der Waals surface area contributed by atoms with Gasteiger partial charge in [-0.15, -0.1) is 0 Å². The van der Waals surface area contributed by atoms with Crippen LogP contribution in [0.1, 0.15) is 18.5 Å². The molecular weight excluding hydrogens is 266 g/mol. The van der Waals surface area contributed by atoms with Gasteiger partial charge in [0.25, 0.3) is 0 Å². The van der Waals surface area contributed by atoms with E-state index in [-0.39, 0.29) is 6.04 Å². The molecular formula is C12H12BrN3. The summed E-state index contributed by atoms with van der Waals surface area (Å²) in [5.74, 6) is 0.811. The molecule has 16 heavy (non-hydrogen) atoms. The van der Waals surface area contributed by atoms with Crippen LogP contribution in [0.5, 0.6) is 0 Å². The summed E-state index contributed by atoms with van der Waals surface area (Å²) in [5.41, 5.74) is 1.23. The summed E-state index contributed by atoms with van der Waals surface area (Å²) in [4.78, 5) is 8.10. The van der Waals surface area contributed by atoms with Gasteiger partial charge in [-0.2, -0.15) is 0 Å². The fourth-order valence-electron chi connectivity index (χ4n) is 1.45. The van der Waals surface area contributed by atoms with E-state index < -0.39 is 0 Å². The lowest BCUT2D eigenvalue weighted by molar-refractivity contribution is 0.870. The number of aromatic nitrogens is 2. The van der Waals surface area contributed by atoms with Gasteiger partial charge in [0, 0.05) is 12.2 Å². The molecule has 2 rings (SSSR count). The first-order valence-electron chi connectivity index (χ1n) is 5.04. The summed E-state index contributed by atoms with van der Waals surface area (Å²) in [6.07, 6.45) is 3.26. The zero-order valence-corrected chi connectivity index (χ0v) is 10.5. The van der Waals surface area contributed by atoms with Crippen LogP contribution < -0.4 is 5.32 Å². The van der Waals surface area contributed by atoms with Crippen LogP contribution in [0.15, 0.2) is 47.3 Å². The Kier molecular flexibility index (Phi) is 3.51. The third kappa shape index (κ3) is 2.58. The van der Waals surface area contributed by atoms with Crippen molar-refractivity contribution in [1.82, 2.24) is 9.97 Å². The lowest BCUT2D eigenvalue weighted by Crippen LogP contribution is -2.08. The smallest absolute Gasteiger partial charge is 0.144 e. The van der Waals surface area contributed by atoms with Gasteiger partial charge in [0.05, 0.1) is 4.47 Å². The van der Waals surface area contributed by atoms with Crippen LogP contribution in [0.25, 0.3) is 0 Å². The van der Waals surface area contributed by atoms with Gasteiger partial charge in [-0.05, 0) is 28.4 Å². The number of hydrogen-bond donors (Lipinski definition) is 1. The molecule has 0 fully saturated rings. The van der Waals surface area contributed by atoms with Crippen LogP contribution in [0.3, 0.4) is 0 Å². The molecule has 4 heteroatoms. The Morgan fingerprint density at radius 2 is 2.00 bits per heavy atom.